The zero-order valence-corrected chi connectivity index (χ0v) is 14.0. The van der Waals surface area contributed by atoms with Crippen LogP contribution in [0.3, 0.4) is 0 Å². The molecule has 7 nitrogen and oxygen atoms in total. The number of nitrogens with two attached hydrogens (primary N) is 1. The van der Waals surface area contributed by atoms with Gasteiger partial charge in [-0.1, -0.05) is 12.1 Å². The van der Waals surface area contributed by atoms with Gasteiger partial charge in [-0.25, -0.2) is 4.98 Å². The van der Waals surface area contributed by atoms with E-state index in [-0.39, 0.29) is 30.0 Å². The van der Waals surface area contributed by atoms with Crippen molar-refractivity contribution in [2.24, 2.45) is 5.73 Å². The summed E-state index contributed by atoms with van der Waals surface area (Å²) in [5.41, 5.74) is 6.53. The number of aromatic nitrogens is 1. The molecule has 1 amide bonds. The van der Waals surface area contributed by atoms with Crippen molar-refractivity contribution in [3.63, 3.8) is 0 Å². The largest absolute Gasteiger partial charge is 0.351 e. The minimum atomic E-state index is -0.460. The molecule has 0 bridgehead atoms. The number of nitro groups is 1. The number of hydrogen-bond donors (Lipinski definition) is 2. The highest BCUT2D eigenvalue weighted by molar-refractivity contribution is 7.13. The molecule has 0 aliphatic carbocycles. The molecular weight excluding hydrogens is 340 g/mol. The molecule has 0 radical (unpaired) electrons. The number of rotatable bonds is 6. The van der Waals surface area contributed by atoms with Gasteiger partial charge in [0.25, 0.3) is 11.6 Å². The van der Waals surface area contributed by atoms with E-state index in [0.29, 0.717) is 29.2 Å². The van der Waals surface area contributed by atoms with Gasteiger partial charge in [-0.2, -0.15) is 0 Å². The third-order valence-corrected chi connectivity index (χ3v) is 3.82. The first-order valence-corrected chi connectivity index (χ1v) is 7.59. The topological polar surface area (TPSA) is 111 Å². The molecule has 1 unspecified atom stereocenters. The van der Waals surface area contributed by atoms with Gasteiger partial charge in [0.15, 0.2) is 0 Å². The van der Waals surface area contributed by atoms with Crippen LogP contribution in [0.1, 0.15) is 23.8 Å². The lowest BCUT2D eigenvalue weighted by molar-refractivity contribution is -0.384. The van der Waals surface area contributed by atoms with E-state index < -0.39 is 4.92 Å². The molecule has 0 saturated carbocycles. The van der Waals surface area contributed by atoms with Gasteiger partial charge < -0.3 is 11.1 Å². The first-order valence-electron chi connectivity index (χ1n) is 6.71. The van der Waals surface area contributed by atoms with E-state index in [1.807, 2.05) is 6.92 Å². The molecule has 0 aliphatic rings. The van der Waals surface area contributed by atoms with Crippen molar-refractivity contribution in [2.75, 3.05) is 6.54 Å². The van der Waals surface area contributed by atoms with E-state index in [1.54, 1.807) is 17.5 Å². The Bertz CT molecular complexity index is 690. The van der Waals surface area contributed by atoms with Crippen molar-refractivity contribution in [1.82, 2.24) is 10.3 Å². The number of nitrogens with zero attached hydrogens (tertiary/aromatic N) is 2. The lowest BCUT2D eigenvalue weighted by Crippen LogP contribution is -2.29. The van der Waals surface area contributed by atoms with Crippen LogP contribution in [0.4, 0.5) is 5.69 Å². The van der Waals surface area contributed by atoms with E-state index >= 15 is 0 Å². The molecule has 0 saturated heterocycles. The Balaban J connectivity index is 0.00000264. The maximum atomic E-state index is 11.9. The van der Waals surface area contributed by atoms with Gasteiger partial charge in [-0.3, -0.25) is 14.9 Å². The first-order chi connectivity index (χ1) is 10.5. The highest BCUT2D eigenvalue weighted by Crippen LogP contribution is 2.26. The summed E-state index contributed by atoms with van der Waals surface area (Å²) in [7, 11) is 0. The van der Waals surface area contributed by atoms with Crippen LogP contribution in [0.2, 0.25) is 0 Å². The van der Waals surface area contributed by atoms with E-state index in [1.165, 1.54) is 23.5 Å². The van der Waals surface area contributed by atoms with Crippen molar-refractivity contribution in [3.8, 4) is 10.6 Å². The van der Waals surface area contributed by atoms with Crippen LogP contribution in [0.15, 0.2) is 29.6 Å². The predicted molar refractivity (Wildman–Crippen MR) is 92.1 cm³/mol. The molecule has 1 aromatic carbocycles. The number of nitrogens with one attached hydrogen (secondary N) is 1. The van der Waals surface area contributed by atoms with Gasteiger partial charge in [0.2, 0.25) is 0 Å². The van der Waals surface area contributed by atoms with Crippen LogP contribution < -0.4 is 11.1 Å². The zero-order chi connectivity index (χ0) is 16.1. The summed E-state index contributed by atoms with van der Waals surface area (Å²) in [6, 6.07) is 6.20. The van der Waals surface area contributed by atoms with Gasteiger partial charge in [-0.15, -0.1) is 23.7 Å². The van der Waals surface area contributed by atoms with E-state index in [0.717, 1.165) is 0 Å². The molecule has 2 aromatic rings. The fourth-order valence-electron chi connectivity index (χ4n) is 1.77. The van der Waals surface area contributed by atoms with Gasteiger partial charge in [0.05, 0.1) is 4.92 Å². The molecular formula is C14H17ClN4O3S. The quantitative estimate of drug-likeness (QED) is 0.610. The number of halogens is 1. The van der Waals surface area contributed by atoms with Crippen molar-refractivity contribution in [2.45, 2.75) is 19.4 Å². The van der Waals surface area contributed by atoms with E-state index in [2.05, 4.69) is 10.3 Å². The molecule has 3 N–H and O–H groups in total. The van der Waals surface area contributed by atoms with Crippen LogP contribution in [0.25, 0.3) is 10.6 Å². The summed E-state index contributed by atoms with van der Waals surface area (Å²) >= 11 is 1.27. The highest BCUT2D eigenvalue weighted by atomic mass is 35.5. The van der Waals surface area contributed by atoms with Crippen LogP contribution in [0, 0.1) is 10.1 Å². The average molecular weight is 357 g/mol. The second-order valence-electron chi connectivity index (χ2n) is 4.87. The lowest BCUT2D eigenvalue weighted by Gasteiger charge is -2.05. The Morgan fingerprint density at radius 1 is 1.52 bits per heavy atom. The maximum Gasteiger partial charge on any atom is 0.270 e. The standard InChI is InChI=1S/C14H16N4O3S.ClH/c1-9(15)5-6-16-13(19)12-8-22-14(17-12)10-3-2-4-11(7-10)18(20)21;/h2-4,7-9H,5-6,15H2,1H3,(H,16,19);1H. The van der Waals surface area contributed by atoms with Crippen molar-refractivity contribution in [3.05, 3.63) is 45.5 Å². The summed E-state index contributed by atoms with van der Waals surface area (Å²) in [6.07, 6.45) is 0.688. The SMILES string of the molecule is CC(N)CCNC(=O)c1csc(-c2cccc([N+](=O)[O-])c2)n1.Cl. The second-order valence-corrected chi connectivity index (χ2v) is 5.73. The Morgan fingerprint density at radius 2 is 2.26 bits per heavy atom. The summed E-state index contributed by atoms with van der Waals surface area (Å²) in [5, 5.41) is 15.7. The smallest absolute Gasteiger partial charge is 0.270 e. The van der Waals surface area contributed by atoms with Crippen LogP contribution in [0.5, 0.6) is 0 Å². The van der Waals surface area contributed by atoms with Crippen molar-refractivity contribution < 1.29 is 9.72 Å². The summed E-state index contributed by atoms with van der Waals surface area (Å²) < 4.78 is 0. The number of carbonyl (C=O) groups excluding carboxylic acids is 1. The molecule has 0 fully saturated rings. The van der Waals surface area contributed by atoms with Gasteiger partial charge in [0.1, 0.15) is 10.7 Å². The molecule has 0 spiro atoms. The molecule has 1 heterocycles. The number of thiazole rings is 1. The zero-order valence-electron chi connectivity index (χ0n) is 12.4. The van der Waals surface area contributed by atoms with E-state index in [9.17, 15) is 14.9 Å². The number of amides is 1. The van der Waals surface area contributed by atoms with Crippen LogP contribution >= 0.6 is 23.7 Å². The maximum absolute atomic E-state index is 11.9. The molecule has 9 heteroatoms. The number of carbonyl (C=O) groups is 1. The number of nitro benzene ring substituents is 1. The average Bonchev–Trinajstić information content (AvgIpc) is 2.96. The molecule has 1 atom stereocenters. The molecule has 124 valence electrons. The fraction of sp³-hybridized carbons (Fsp3) is 0.286. The molecule has 2 rings (SSSR count). The minimum Gasteiger partial charge on any atom is -0.351 e. The second kappa shape index (κ2) is 8.56. The Labute approximate surface area is 143 Å². The number of benzene rings is 1. The molecule has 0 aliphatic heterocycles. The number of non-ortho nitro benzene ring substituents is 1. The highest BCUT2D eigenvalue weighted by Gasteiger charge is 2.13. The van der Waals surface area contributed by atoms with Crippen molar-refractivity contribution in [1.29, 1.82) is 0 Å². The Morgan fingerprint density at radius 3 is 2.91 bits per heavy atom. The normalized spacial score (nSPS) is 11.4. The molecule has 23 heavy (non-hydrogen) atoms. The van der Waals surface area contributed by atoms with Gasteiger partial charge in [-0.05, 0) is 13.3 Å². The lowest BCUT2D eigenvalue weighted by atomic mass is 10.2. The van der Waals surface area contributed by atoms with Gasteiger partial charge >= 0.3 is 0 Å². The van der Waals surface area contributed by atoms with Crippen molar-refractivity contribution >= 4 is 35.3 Å². The first kappa shape index (κ1) is 19.0. The van der Waals surface area contributed by atoms with E-state index in [4.69, 9.17) is 5.73 Å². The fourth-order valence-corrected chi connectivity index (χ4v) is 2.56. The summed E-state index contributed by atoms with van der Waals surface area (Å²) in [5.74, 6) is -0.270. The third-order valence-electron chi connectivity index (χ3n) is 2.93. The predicted octanol–water partition coefficient (Wildman–Crippen LogP) is 2.61. The Hall–Kier alpha value is -2.03. The molecule has 1 aromatic heterocycles. The monoisotopic (exact) mass is 356 g/mol. The van der Waals surface area contributed by atoms with Crippen LogP contribution in [-0.2, 0) is 0 Å². The summed E-state index contributed by atoms with van der Waals surface area (Å²) in [6.45, 7) is 2.36. The van der Waals surface area contributed by atoms with Gasteiger partial charge in [0, 0.05) is 35.7 Å². The number of hydrogen-bond acceptors (Lipinski definition) is 6. The summed E-state index contributed by atoms with van der Waals surface area (Å²) in [4.78, 5) is 26.5. The Kier molecular flexibility index (Phi) is 7.08. The third kappa shape index (κ3) is 5.27. The van der Waals surface area contributed by atoms with Crippen LogP contribution in [-0.4, -0.2) is 28.4 Å². The minimum absolute atomic E-state index is 0.